The second-order valence-corrected chi connectivity index (χ2v) is 4.57. The van der Waals surface area contributed by atoms with Gasteiger partial charge >= 0.3 is 0 Å². The third-order valence-electron chi connectivity index (χ3n) is 2.53. The van der Waals surface area contributed by atoms with Crippen molar-refractivity contribution in [2.45, 2.75) is 24.7 Å². The summed E-state index contributed by atoms with van der Waals surface area (Å²) in [6, 6.07) is 3.91. The number of hydrogen-bond acceptors (Lipinski definition) is 4. The van der Waals surface area contributed by atoms with Crippen LogP contribution in [0.15, 0.2) is 17.0 Å². The largest absolute Gasteiger partial charge is 0.496 e. The number of methoxy groups -OCH3 is 2. The fraction of sp³-hybridized carbons (Fsp3) is 0.462. The van der Waals surface area contributed by atoms with Crippen LogP contribution >= 0.6 is 11.8 Å². The molecule has 17 heavy (non-hydrogen) atoms. The highest BCUT2D eigenvalue weighted by Crippen LogP contribution is 2.35. The molecule has 0 aromatic heterocycles. The fourth-order valence-corrected chi connectivity index (χ4v) is 2.17. The number of ketones is 1. The average molecular weight is 254 g/mol. The number of aryl methyl sites for hydroxylation is 1. The first kappa shape index (κ1) is 13.9. The number of thioether (sulfide) groups is 1. The summed E-state index contributed by atoms with van der Waals surface area (Å²) in [5.41, 5.74) is 1.01. The van der Waals surface area contributed by atoms with Gasteiger partial charge in [0, 0.05) is 6.42 Å². The minimum atomic E-state index is 0.181. The minimum absolute atomic E-state index is 0.181. The first-order chi connectivity index (χ1) is 8.12. The molecule has 0 saturated carbocycles. The molecule has 0 N–H and O–H groups in total. The maximum atomic E-state index is 11.0. The monoisotopic (exact) mass is 254 g/mol. The summed E-state index contributed by atoms with van der Waals surface area (Å²) in [7, 11) is 3.29. The van der Waals surface area contributed by atoms with Crippen molar-refractivity contribution in [2.24, 2.45) is 0 Å². The second-order valence-electron chi connectivity index (χ2n) is 3.72. The molecule has 1 aromatic carbocycles. The summed E-state index contributed by atoms with van der Waals surface area (Å²) >= 11 is 1.61. The Morgan fingerprint density at radius 3 is 2.35 bits per heavy atom. The van der Waals surface area contributed by atoms with Crippen molar-refractivity contribution in [1.29, 1.82) is 0 Å². The van der Waals surface area contributed by atoms with Crippen molar-refractivity contribution >= 4 is 17.5 Å². The number of ether oxygens (including phenoxy) is 2. The Morgan fingerprint density at radius 1 is 1.24 bits per heavy atom. The molecule has 0 aliphatic carbocycles. The van der Waals surface area contributed by atoms with Crippen LogP contribution in [0.3, 0.4) is 0 Å². The molecule has 3 nitrogen and oxygen atoms in total. The second kappa shape index (κ2) is 6.55. The van der Waals surface area contributed by atoms with E-state index in [1.54, 1.807) is 32.9 Å². The molecule has 0 aliphatic heterocycles. The van der Waals surface area contributed by atoms with Gasteiger partial charge in [-0.1, -0.05) is 0 Å². The van der Waals surface area contributed by atoms with E-state index >= 15 is 0 Å². The predicted molar refractivity (Wildman–Crippen MR) is 70.3 cm³/mol. The smallest absolute Gasteiger partial charge is 0.132 e. The predicted octanol–water partition coefficient (Wildman–Crippen LogP) is 2.95. The number of hydrogen-bond donors (Lipinski definition) is 0. The van der Waals surface area contributed by atoms with Crippen LogP contribution in [0.4, 0.5) is 0 Å². The number of carbonyl (C=O) groups excluding carboxylic acids is 1. The lowest BCUT2D eigenvalue weighted by Crippen LogP contribution is -1.99. The van der Waals surface area contributed by atoms with Gasteiger partial charge in [-0.15, -0.1) is 11.8 Å². The van der Waals surface area contributed by atoms with Crippen molar-refractivity contribution in [2.75, 3.05) is 20.5 Å². The summed E-state index contributed by atoms with van der Waals surface area (Å²) in [6.07, 6.45) is 3.20. The molecule has 0 atom stereocenters. The first-order valence-corrected chi connectivity index (χ1v) is 6.63. The van der Waals surface area contributed by atoms with Crippen LogP contribution in [0.1, 0.15) is 18.9 Å². The van der Waals surface area contributed by atoms with Crippen LogP contribution < -0.4 is 9.47 Å². The zero-order valence-corrected chi connectivity index (χ0v) is 11.5. The van der Waals surface area contributed by atoms with E-state index in [1.165, 1.54) is 0 Å². The van der Waals surface area contributed by atoms with Gasteiger partial charge in [-0.25, -0.2) is 0 Å². The van der Waals surface area contributed by atoms with Gasteiger partial charge in [-0.2, -0.15) is 0 Å². The number of rotatable bonds is 6. The van der Waals surface area contributed by atoms with Crippen molar-refractivity contribution in [1.82, 2.24) is 0 Å². The van der Waals surface area contributed by atoms with Crippen LogP contribution in [0.5, 0.6) is 11.5 Å². The average Bonchev–Trinajstić information content (AvgIpc) is 2.34. The molecular weight excluding hydrogens is 236 g/mol. The van der Waals surface area contributed by atoms with Gasteiger partial charge in [-0.05, 0) is 37.3 Å². The summed E-state index contributed by atoms with van der Waals surface area (Å²) in [6.45, 7) is 1.60. The van der Waals surface area contributed by atoms with Gasteiger partial charge < -0.3 is 14.3 Å². The van der Waals surface area contributed by atoms with Crippen molar-refractivity contribution in [3.8, 4) is 11.5 Å². The molecule has 0 unspecified atom stereocenters. The number of benzene rings is 1. The SMILES string of the molecule is COc1cc(SC)c(OC)cc1CCC(C)=O. The molecule has 1 aromatic rings. The third kappa shape index (κ3) is 3.66. The molecule has 0 aliphatic rings. The van der Waals surface area contributed by atoms with E-state index in [-0.39, 0.29) is 5.78 Å². The Labute approximate surface area is 106 Å². The minimum Gasteiger partial charge on any atom is -0.496 e. The Bertz CT molecular complexity index is 402. The van der Waals surface area contributed by atoms with E-state index in [1.807, 2.05) is 18.4 Å². The number of carbonyl (C=O) groups is 1. The summed E-state index contributed by atoms with van der Waals surface area (Å²) in [5.74, 6) is 1.83. The lowest BCUT2D eigenvalue weighted by atomic mass is 10.1. The molecule has 0 heterocycles. The Morgan fingerprint density at radius 2 is 1.88 bits per heavy atom. The number of Topliss-reactive ketones (excluding diaryl/α,β-unsaturated/α-hetero) is 1. The van der Waals surface area contributed by atoms with Crippen LogP contribution in [0.2, 0.25) is 0 Å². The highest BCUT2D eigenvalue weighted by molar-refractivity contribution is 7.98. The molecule has 0 fully saturated rings. The van der Waals surface area contributed by atoms with Gasteiger partial charge in [0.25, 0.3) is 0 Å². The molecule has 0 radical (unpaired) electrons. The molecule has 4 heteroatoms. The topological polar surface area (TPSA) is 35.5 Å². The van der Waals surface area contributed by atoms with Gasteiger partial charge in [-0.3, -0.25) is 0 Å². The lowest BCUT2D eigenvalue weighted by molar-refractivity contribution is -0.116. The first-order valence-electron chi connectivity index (χ1n) is 5.40. The van der Waals surface area contributed by atoms with Gasteiger partial charge in [0.2, 0.25) is 0 Å². The molecule has 0 bridgehead atoms. The molecule has 94 valence electrons. The van der Waals surface area contributed by atoms with E-state index < -0.39 is 0 Å². The van der Waals surface area contributed by atoms with Crippen LogP contribution in [0.25, 0.3) is 0 Å². The lowest BCUT2D eigenvalue weighted by Gasteiger charge is -2.13. The maximum absolute atomic E-state index is 11.0. The zero-order chi connectivity index (χ0) is 12.8. The quantitative estimate of drug-likeness (QED) is 0.731. The van der Waals surface area contributed by atoms with E-state index in [9.17, 15) is 4.79 Å². The van der Waals surface area contributed by atoms with Gasteiger partial charge in [0.1, 0.15) is 17.3 Å². The molecule has 1 rings (SSSR count). The summed E-state index contributed by atoms with van der Waals surface area (Å²) in [4.78, 5) is 12.1. The van der Waals surface area contributed by atoms with Gasteiger partial charge in [0.15, 0.2) is 0 Å². The van der Waals surface area contributed by atoms with E-state index in [0.29, 0.717) is 12.8 Å². The van der Waals surface area contributed by atoms with Crippen molar-refractivity contribution in [3.05, 3.63) is 17.7 Å². The van der Waals surface area contributed by atoms with Crippen molar-refractivity contribution < 1.29 is 14.3 Å². The van der Waals surface area contributed by atoms with E-state index in [4.69, 9.17) is 9.47 Å². The zero-order valence-electron chi connectivity index (χ0n) is 10.7. The standard InChI is InChI=1S/C13H18O3S/c1-9(14)5-6-10-7-12(16-3)13(17-4)8-11(10)15-2/h7-8H,5-6H2,1-4H3. The van der Waals surface area contributed by atoms with E-state index in [2.05, 4.69) is 0 Å². The fourth-order valence-electron chi connectivity index (χ4n) is 1.60. The summed E-state index contributed by atoms with van der Waals surface area (Å²) < 4.78 is 10.7. The Kier molecular flexibility index (Phi) is 5.35. The molecule has 0 saturated heterocycles. The normalized spacial score (nSPS) is 10.1. The van der Waals surface area contributed by atoms with Gasteiger partial charge in [0.05, 0.1) is 19.1 Å². The Balaban J connectivity index is 3.05. The molecular formula is C13H18O3S. The third-order valence-corrected chi connectivity index (χ3v) is 3.29. The Hall–Kier alpha value is -1.16. The van der Waals surface area contributed by atoms with Crippen molar-refractivity contribution in [3.63, 3.8) is 0 Å². The molecule has 0 spiro atoms. The highest BCUT2D eigenvalue weighted by Gasteiger charge is 2.11. The van der Waals surface area contributed by atoms with Crippen LogP contribution in [0, 0.1) is 0 Å². The van der Waals surface area contributed by atoms with Crippen LogP contribution in [-0.2, 0) is 11.2 Å². The maximum Gasteiger partial charge on any atom is 0.132 e. The van der Waals surface area contributed by atoms with Crippen LogP contribution in [-0.4, -0.2) is 26.3 Å². The summed E-state index contributed by atoms with van der Waals surface area (Å²) in [5, 5.41) is 0. The molecule has 0 amide bonds. The van der Waals surface area contributed by atoms with E-state index in [0.717, 1.165) is 22.0 Å². The highest BCUT2D eigenvalue weighted by atomic mass is 32.2.